The average molecular weight is 245 g/mol. The van der Waals surface area contributed by atoms with Crippen LogP contribution in [0.25, 0.3) is 0 Å². The lowest BCUT2D eigenvalue weighted by Gasteiger charge is -2.47. The largest absolute Gasteiger partial charge is 0.324 e. The second kappa shape index (κ2) is 5.88. The minimum atomic E-state index is 0.0170. The second-order valence-corrected chi connectivity index (χ2v) is 5.83. The molecule has 2 rings (SSSR count). The first-order chi connectivity index (χ1) is 8.72. The number of rotatable bonds is 4. The fourth-order valence-corrected chi connectivity index (χ4v) is 3.92. The third-order valence-corrected chi connectivity index (χ3v) is 4.95. The molecule has 1 nitrogen and oxygen atoms in total. The molecule has 1 saturated carbocycles. The van der Waals surface area contributed by atoms with Gasteiger partial charge in [0.05, 0.1) is 0 Å². The van der Waals surface area contributed by atoms with Crippen LogP contribution in [-0.4, -0.2) is 5.54 Å². The Morgan fingerprint density at radius 2 is 1.83 bits per heavy atom. The highest BCUT2D eigenvalue weighted by Gasteiger charge is 2.42. The lowest BCUT2D eigenvalue weighted by Crippen LogP contribution is -2.53. The molecule has 1 aliphatic carbocycles. The lowest BCUT2D eigenvalue weighted by atomic mass is 9.63. The van der Waals surface area contributed by atoms with Gasteiger partial charge in [-0.25, -0.2) is 0 Å². The average Bonchev–Trinajstić information content (AvgIpc) is 2.41. The minimum Gasteiger partial charge on any atom is -0.324 e. The first kappa shape index (κ1) is 13.6. The Bertz CT molecular complexity index is 355. The highest BCUT2D eigenvalue weighted by Crippen LogP contribution is 2.45. The van der Waals surface area contributed by atoms with Gasteiger partial charge in [-0.15, -0.1) is 0 Å². The molecule has 1 aliphatic rings. The first-order valence-corrected chi connectivity index (χ1v) is 7.56. The zero-order valence-corrected chi connectivity index (χ0v) is 11.9. The van der Waals surface area contributed by atoms with Crippen LogP contribution in [0.1, 0.15) is 63.9 Å². The van der Waals surface area contributed by atoms with E-state index in [9.17, 15) is 0 Å². The summed E-state index contributed by atoms with van der Waals surface area (Å²) in [5, 5.41) is 0. The third-order valence-electron chi connectivity index (χ3n) is 4.95. The highest BCUT2D eigenvalue weighted by molar-refractivity contribution is 5.25. The fourth-order valence-electron chi connectivity index (χ4n) is 3.92. The predicted octanol–water partition coefficient (Wildman–Crippen LogP) is 4.48. The van der Waals surface area contributed by atoms with Crippen LogP contribution < -0.4 is 5.73 Å². The van der Waals surface area contributed by atoms with E-state index in [1.807, 2.05) is 0 Å². The number of hydrogen-bond donors (Lipinski definition) is 1. The summed E-state index contributed by atoms with van der Waals surface area (Å²) in [5.41, 5.74) is 8.37. The molecule has 1 aromatic carbocycles. The van der Waals surface area contributed by atoms with Crippen molar-refractivity contribution < 1.29 is 0 Å². The molecule has 2 unspecified atom stereocenters. The SMILES string of the molecule is CCC(CC)C1(N)CCCCC1c1ccccc1. The Morgan fingerprint density at radius 3 is 2.44 bits per heavy atom. The van der Waals surface area contributed by atoms with Crippen molar-refractivity contribution in [3.8, 4) is 0 Å². The van der Waals surface area contributed by atoms with E-state index in [-0.39, 0.29) is 5.54 Å². The summed E-state index contributed by atoms with van der Waals surface area (Å²) in [6.07, 6.45) is 7.50. The number of hydrogen-bond acceptors (Lipinski definition) is 1. The molecular formula is C17H27N. The van der Waals surface area contributed by atoms with E-state index in [2.05, 4.69) is 44.2 Å². The summed E-state index contributed by atoms with van der Waals surface area (Å²) in [6.45, 7) is 4.58. The number of benzene rings is 1. The maximum absolute atomic E-state index is 6.90. The monoisotopic (exact) mass is 245 g/mol. The van der Waals surface area contributed by atoms with E-state index in [4.69, 9.17) is 5.73 Å². The Hall–Kier alpha value is -0.820. The van der Waals surface area contributed by atoms with E-state index >= 15 is 0 Å². The van der Waals surface area contributed by atoms with Gasteiger partial charge in [0.2, 0.25) is 0 Å². The molecule has 0 radical (unpaired) electrons. The summed E-state index contributed by atoms with van der Waals surface area (Å²) < 4.78 is 0. The summed E-state index contributed by atoms with van der Waals surface area (Å²) in [7, 11) is 0. The zero-order chi connectivity index (χ0) is 13.0. The van der Waals surface area contributed by atoms with Gasteiger partial charge in [0.15, 0.2) is 0 Å². The van der Waals surface area contributed by atoms with Gasteiger partial charge in [0, 0.05) is 11.5 Å². The molecule has 2 N–H and O–H groups in total. The van der Waals surface area contributed by atoms with Gasteiger partial charge in [-0.1, -0.05) is 69.9 Å². The molecule has 0 spiro atoms. The minimum absolute atomic E-state index is 0.0170. The summed E-state index contributed by atoms with van der Waals surface area (Å²) in [4.78, 5) is 0. The molecule has 0 heterocycles. The van der Waals surface area contributed by atoms with Crippen LogP contribution in [0.3, 0.4) is 0 Å². The van der Waals surface area contributed by atoms with Crippen LogP contribution in [0.15, 0.2) is 30.3 Å². The number of nitrogens with two attached hydrogens (primary N) is 1. The predicted molar refractivity (Wildman–Crippen MR) is 78.6 cm³/mol. The van der Waals surface area contributed by atoms with Crippen LogP contribution in [0, 0.1) is 5.92 Å². The molecule has 1 heteroatoms. The Morgan fingerprint density at radius 1 is 1.17 bits per heavy atom. The molecule has 0 aliphatic heterocycles. The van der Waals surface area contributed by atoms with Crippen molar-refractivity contribution in [2.45, 2.75) is 63.8 Å². The lowest BCUT2D eigenvalue weighted by molar-refractivity contribution is 0.154. The van der Waals surface area contributed by atoms with Crippen molar-refractivity contribution in [2.24, 2.45) is 11.7 Å². The molecule has 1 aromatic rings. The molecule has 18 heavy (non-hydrogen) atoms. The summed E-state index contributed by atoms with van der Waals surface area (Å²) in [6, 6.07) is 10.9. The van der Waals surface area contributed by atoms with Crippen molar-refractivity contribution in [2.75, 3.05) is 0 Å². The van der Waals surface area contributed by atoms with E-state index < -0.39 is 0 Å². The Labute approximate surface area is 112 Å². The molecule has 0 bridgehead atoms. The molecule has 0 amide bonds. The first-order valence-electron chi connectivity index (χ1n) is 7.56. The van der Waals surface area contributed by atoms with Crippen molar-refractivity contribution in [1.29, 1.82) is 0 Å². The topological polar surface area (TPSA) is 26.0 Å². The maximum atomic E-state index is 6.90. The van der Waals surface area contributed by atoms with E-state index in [0.717, 1.165) is 0 Å². The molecular weight excluding hydrogens is 218 g/mol. The zero-order valence-electron chi connectivity index (χ0n) is 11.9. The molecule has 0 saturated heterocycles. The fraction of sp³-hybridized carbons (Fsp3) is 0.647. The molecule has 0 aromatic heterocycles. The Balaban J connectivity index is 2.31. The van der Waals surface area contributed by atoms with Crippen molar-refractivity contribution >= 4 is 0 Å². The second-order valence-electron chi connectivity index (χ2n) is 5.83. The van der Waals surface area contributed by atoms with E-state index in [1.165, 1.54) is 44.1 Å². The summed E-state index contributed by atoms with van der Waals surface area (Å²) in [5.74, 6) is 1.21. The molecule has 1 fully saturated rings. The van der Waals surface area contributed by atoms with E-state index in [0.29, 0.717) is 11.8 Å². The van der Waals surface area contributed by atoms with Crippen molar-refractivity contribution in [3.05, 3.63) is 35.9 Å². The van der Waals surface area contributed by atoms with Gasteiger partial charge in [0.25, 0.3) is 0 Å². The third kappa shape index (κ3) is 2.47. The van der Waals surface area contributed by atoms with Gasteiger partial charge in [-0.3, -0.25) is 0 Å². The van der Waals surface area contributed by atoms with Gasteiger partial charge < -0.3 is 5.73 Å². The van der Waals surface area contributed by atoms with Crippen molar-refractivity contribution in [3.63, 3.8) is 0 Å². The van der Waals surface area contributed by atoms with Crippen LogP contribution in [0.5, 0.6) is 0 Å². The maximum Gasteiger partial charge on any atom is 0.0252 e. The van der Waals surface area contributed by atoms with Crippen LogP contribution in [-0.2, 0) is 0 Å². The van der Waals surface area contributed by atoms with Gasteiger partial charge >= 0.3 is 0 Å². The smallest absolute Gasteiger partial charge is 0.0252 e. The molecule has 100 valence electrons. The molecule has 2 atom stereocenters. The van der Waals surface area contributed by atoms with Crippen LogP contribution >= 0.6 is 0 Å². The van der Waals surface area contributed by atoms with Crippen LogP contribution in [0.2, 0.25) is 0 Å². The summed E-state index contributed by atoms with van der Waals surface area (Å²) >= 11 is 0. The van der Waals surface area contributed by atoms with Gasteiger partial charge in [-0.05, 0) is 24.3 Å². The quantitative estimate of drug-likeness (QED) is 0.831. The normalized spacial score (nSPS) is 28.6. The standard InChI is InChI=1S/C17H27N/c1-3-15(4-2)17(18)13-9-8-12-16(17)14-10-6-5-7-11-14/h5-7,10-11,15-16H,3-4,8-9,12-13,18H2,1-2H3. The highest BCUT2D eigenvalue weighted by atomic mass is 14.8. The van der Waals surface area contributed by atoms with Gasteiger partial charge in [0.1, 0.15) is 0 Å². The van der Waals surface area contributed by atoms with Gasteiger partial charge in [-0.2, -0.15) is 0 Å². The van der Waals surface area contributed by atoms with Crippen LogP contribution in [0.4, 0.5) is 0 Å². The Kier molecular flexibility index (Phi) is 4.45. The van der Waals surface area contributed by atoms with Crippen molar-refractivity contribution in [1.82, 2.24) is 0 Å². The van der Waals surface area contributed by atoms with E-state index in [1.54, 1.807) is 0 Å².